The molecule has 2 aromatic carbocycles. The summed E-state index contributed by atoms with van der Waals surface area (Å²) in [6, 6.07) is 13.0. The Hall–Kier alpha value is -4.45. The number of rotatable bonds is 7. The first-order valence-corrected chi connectivity index (χ1v) is 10.5. The van der Waals surface area contributed by atoms with Crippen molar-refractivity contribution in [1.29, 1.82) is 0 Å². The fourth-order valence-electron chi connectivity index (χ4n) is 3.24. The lowest BCUT2D eigenvalue weighted by molar-refractivity contribution is -0.384. The molecule has 0 N–H and O–H groups in total. The molecule has 1 fully saturated rings. The van der Waals surface area contributed by atoms with Crippen molar-refractivity contribution < 1.29 is 28.6 Å². The molecule has 172 valence electrons. The van der Waals surface area contributed by atoms with Gasteiger partial charge in [0.15, 0.2) is 0 Å². The summed E-state index contributed by atoms with van der Waals surface area (Å²) in [7, 11) is 1.40. The molecule has 0 radical (unpaired) electrons. The second-order valence-corrected chi connectivity index (χ2v) is 8.03. The van der Waals surface area contributed by atoms with Crippen molar-refractivity contribution >= 4 is 40.4 Å². The van der Waals surface area contributed by atoms with Crippen LogP contribution in [0, 0.1) is 20.2 Å². The molecule has 0 aliphatic carbocycles. The number of carbonyl (C=O) groups excluding carboxylic acids is 2. The van der Waals surface area contributed by atoms with Crippen LogP contribution in [0.2, 0.25) is 0 Å². The highest BCUT2D eigenvalue weighted by Gasteiger charge is 2.35. The Morgan fingerprint density at radius 1 is 1.03 bits per heavy atom. The summed E-state index contributed by atoms with van der Waals surface area (Å²) < 4.78 is 10.7. The zero-order valence-electron chi connectivity index (χ0n) is 17.5. The van der Waals surface area contributed by atoms with Gasteiger partial charge in [-0.15, -0.1) is 0 Å². The SMILES string of the molecule is COc1ccc(-c2ccc(C=C3SC(=O)N(Cc4ccc([N+](=O)[O-])cc4)C3=O)o2)c([N+](=O)[O-])c1. The summed E-state index contributed by atoms with van der Waals surface area (Å²) >= 11 is 0.728. The summed E-state index contributed by atoms with van der Waals surface area (Å²) in [6.07, 6.45) is 1.39. The molecule has 2 heterocycles. The molecule has 12 heteroatoms. The summed E-state index contributed by atoms with van der Waals surface area (Å²) in [6.45, 7) is -0.0402. The molecule has 1 aromatic heterocycles. The van der Waals surface area contributed by atoms with E-state index in [0.717, 1.165) is 16.7 Å². The summed E-state index contributed by atoms with van der Waals surface area (Å²) in [4.78, 5) is 47.4. The number of imide groups is 1. The predicted octanol–water partition coefficient (Wildman–Crippen LogP) is 5.01. The van der Waals surface area contributed by atoms with Gasteiger partial charge in [0.05, 0.1) is 40.0 Å². The van der Waals surface area contributed by atoms with E-state index in [9.17, 15) is 29.8 Å². The van der Waals surface area contributed by atoms with Gasteiger partial charge in [0.25, 0.3) is 22.5 Å². The maximum atomic E-state index is 12.8. The summed E-state index contributed by atoms with van der Waals surface area (Å²) in [5.74, 6) is 0.234. The van der Waals surface area contributed by atoms with Crippen LogP contribution in [0.3, 0.4) is 0 Å². The molecule has 0 bridgehead atoms. The van der Waals surface area contributed by atoms with Crippen LogP contribution in [0.15, 0.2) is 63.9 Å². The minimum absolute atomic E-state index is 0.0402. The van der Waals surface area contributed by atoms with Crippen LogP contribution in [-0.4, -0.2) is 33.0 Å². The lowest BCUT2D eigenvalue weighted by atomic mass is 10.1. The average Bonchev–Trinajstić information content (AvgIpc) is 3.39. The monoisotopic (exact) mass is 481 g/mol. The molecule has 0 unspecified atom stereocenters. The minimum atomic E-state index is -0.552. The van der Waals surface area contributed by atoms with Gasteiger partial charge in [0, 0.05) is 18.2 Å². The van der Waals surface area contributed by atoms with Crippen LogP contribution in [0.25, 0.3) is 17.4 Å². The molecular formula is C22H15N3O8S. The first kappa shape index (κ1) is 22.7. The number of benzene rings is 2. The first-order chi connectivity index (χ1) is 16.3. The standard InChI is InChI=1S/C22H15N3O8S/c1-32-15-6-8-17(18(10-15)25(30)31)19-9-7-16(33-19)11-20-21(26)23(22(27)34-20)12-13-2-4-14(5-3-13)24(28)29/h2-11H,12H2,1H3. The van der Waals surface area contributed by atoms with E-state index >= 15 is 0 Å². The van der Waals surface area contributed by atoms with Crippen molar-refractivity contribution in [2.24, 2.45) is 0 Å². The van der Waals surface area contributed by atoms with E-state index in [4.69, 9.17) is 9.15 Å². The average molecular weight is 481 g/mol. The molecule has 0 atom stereocenters. The normalized spacial score (nSPS) is 14.6. The van der Waals surface area contributed by atoms with Gasteiger partial charge in [-0.3, -0.25) is 34.7 Å². The second kappa shape index (κ2) is 9.19. The molecule has 1 aliphatic heterocycles. The number of methoxy groups -OCH3 is 1. The molecule has 0 spiro atoms. The van der Waals surface area contributed by atoms with E-state index in [1.165, 1.54) is 61.7 Å². The van der Waals surface area contributed by atoms with E-state index in [1.54, 1.807) is 6.07 Å². The number of amides is 2. The van der Waals surface area contributed by atoms with Crippen LogP contribution in [-0.2, 0) is 11.3 Å². The highest BCUT2D eigenvalue weighted by atomic mass is 32.2. The molecule has 34 heavy (non-hydrogen) atoms. The maximum absolute atomic E-state index is 12.8. The number of furan rings is 1. The molecule has 4 rings (SSSR count). The third-order valence-corrected chi connectivity index (χ3v) is 5.84. The quantitative estimate of drug-likeness (QED) is 0.258. The zero-order valence-corrected chi connectivity index (χ0v) is 18.3. The van der Waals surface area contributed by atoms with Gasteiger partial charge in [-0.2, -0.15) is 0 Å². The fourth-order valence-corrected chi connectivity index (χ4v) is 4.06. The van der Waals surface area contributed by atoms with Crippen LogP contribution >= 0.6 is 11.8 Å². The maximum Gasteiger partial charge on any atom is 0.293 e. The van der Waals surface area contributed by atoms with Gasteiger partial charge in [-0.25, -0.2) is 0 Å². The number of non-ortho nitro benzene ring substituents is 1. The highest BCUT2D eigenvalue weighted by Crippen LogP contribution is 2.37. The summed E-state index contributed by atoms with van der Waals surface area (Å²) in [5.41, 5.74) is 0.491. The predicted molar refractivity (Wildman–Crippen MR) is 122 cm³/mol. The van der Waals surface area contributed by atoms with Gasteiger partial charge in [-0.1, -0.05) is 12.1 Å². The number of hydrogen-bond acceptors (Lipinski definition) is 9. The first-order valence-electron chi connectivity index (χ1n) is 9.68. The second-order valence-electron chi connectivity index (χ2n) is 7.03. The Labute approximate surface area is 195 Å². The molecule has 1 saturated heterocycles. The van der Waals surface area contributed by atoms with E-state index in [1.807, 2.05) is 0 Å². The fraction of sp³-hybridized carbons (Fsp3) is 0.0909. The number of ether oxygens (including phenoxy) is 1. The van der Waals surface area contributed by atoms with Crippen molar-refractivity contribution in [3.05, 3.63) is 91.1 Å². The number of hydrogen-bond donors (Lipinski definition) is 0. The Bertz CT molecular complexity index is 1350. The topological polar surface area (TPSA) is 146 Å². The third kappa shape index (κ3) is 4.52. The van der Waals surface area contributed by atoms with Crippen LogP contribution in [0.4, 0.5) is 16.2 Å². The lowest BCUT2D eigenvalue weighted by Gasteiger charge is -2.12. The number of nitrogens with zero attached hydrogens (tertiary/aromatic N) is 3. The number of nitro groups is 2. The summed E-state index contributed by atoms with van der Waals surface area (Å²) in [5, 5.41) is 21.7. The van der Waals surface area contributed by atoms with Gasteiger partial charge in [0.1, 0.15) is 17.3 Å². The zero-order chi connectivity index (χ0) is 24.4. The van der Waals surface area contributed by atoms with Crippen LogP contribution < -0.4 is 4.74 Å². The number of carbonyl (C=O) groups is 2. The Morgan fingerprint density at radius 3 is 2.41 bits per heavy atom. The van der Waals surface area contributed by atoms with Gasteiger partial charge in [0.2, 0.25) is 0 Å². The van der Waals surface area contributed by atoms with E-state index in [2.05, 4.69) is 0 Å². The minimum Gasteiger partial charge on any atom is -0.497 e. The van der Waals surface area contributed by atoms with Crippen molar-refractivity contribution in [3.8, 4) is 17.1 Å². The molecule has 1 aliphatic rings. The van der Waals surface area contributed by atoms with E-state index < -0.39 is 21.0 Å². The molecular weight excluding hydrogens is 466 g/mol. The van der Waals surface area contributed by atoms with Gasteiger partial charge < -0.3 is 9.15 Å². The van der Waals surface area contributed by atoms with Gasteiger partial charge in [-0.05, 0) is 41.6 Å². The third-order valence-electron chi connectivity index (χ3n) is 4.93. The van der Waals surface area contributed by atoms with Crippen molar-refractivity contribution in [2.45, 2.75) is 6.54 Å². The highest BCUT2D eigenvalue weighted by molar-refractivity contribution is 8.18. The van der Waals surface area contributed by atoms with Crippen molar-refractivity contribution in [3.63, 3.8) is 0 Å². The van der Waals surface area contributed by atoms with Crippen molar-refractivity contribution in [1.82, 2.24) is 4.90 Å². The van der Waals surface area contributed by atoms with Crippen molar-refractivity contribution in [2.75, 3.05) is 7.11 Å². The number of nitro benzene ring substituents is 2. The Morgan fingerprint density at radius 2 is 1.76 bits per heavy atom. The molecule has 11 nitrogen and oxygen atoms in total. The van der Waals surface area contributed by atoms with Crippen LogP contribution in [0.5, 0.6) is 5.75 Å². The Kier molecular flexibility index (Phi) is 6.15. The van der Waals surface area contributed by atoms with Crippen LogP contribution in [0.1, 0.15) is 11.3 Å². The molecule has 0 saturated carbocycles. The molecule has 3 aromatic rings. The van der Waals surface area contributed by atoms with E-state index in [-0.39, 0.29) is 39.9 Å². The molecule has 2 amide bonds. The number of thioether (sulfide) groups is 1. The largest absolute Gasteiger partial charge is 0.497 e. The van der Waals surface area contributed by atoms with E-state index in [0.29, 0.717) is 11.3 Å². The van der Waals surface area contributed by atoms with Gasteiger partial charge >= 0.3 is 0 Å². The lowest BCUT2D eigenvalue weighted by Crippen LogP contribution is -2.27. The smallest absolute Gasteiger partial charge is 0.293 e. The Balaban J connectivity index is 1.55.